The van der Waals surface area contributed by atoms with Gasteiger partial charge < -0.3 is 0 Å². The predicted molar refractivity (Wildman–Crippen MR) is 38.4 cm³/mol. The molecule has 0 saturated carbocycles. The Morgan fingerprint density at radius 3 is 2.00 bits per heavy atom. The van der Waals surface area contributed by atoms with Crippen molar-refractivity contribution in [3.05, 3.63) is 0 Å². The van der Waals surface area contributed by atoms with Crippen LogP contribution in [0.25, 0.3) is 0 Å². The Morgan fingerprint density at radius 2 is 1.62 bits per heavy atom. The normalized spacial score (nSPS) is 21.8. The van der Waals surface area contributed by atoms with E-state index in [2.05, 4.69) is 5.32 Å². The number of nitrogens with zero attached hydrogens (tertiary/aromatic N) is 2. The summed E-state index contributed by atoms with van der Waals surface area (Å²) in [6.45, 7) is -0.0890. The quantitative estimate of drug-likeness (QED) is 0.608. The molecule has 0 N–H and O–H groups in total. The molecule has 0 aromatic rings. The van der Waals surface area contributed by atoms with Crippen LogP contribution in [-0.4, -0.2) is 44.4 Å². The van der Waals surface area contributed by atoms with Crippen LogP contribution in [0.5, 0.6) is 0 Å². The van der Waals surface area contributed by atoms with Crippen LogP contribution in [0.15, 0.2) is 0 Å². The van der Waals surface area contributed by atoms with E-state index in [1.807, 2.05) is 0 Å². The molecule has 1 heterocycles. The molecule has 4 nitrogen and oxygen atoms in total. The van der Waals surface area contributed by atoms with Gasteiger partial charge in [-0.05, 0) is 0 Å². The number of hydrogen-bond acceptors (Lipinski definition) is 2. The van der Waals surface area contributed by atoms with Crippen molar-refractivity contribution in [2.75, 3.05) is 26.2 Å². The first-order valence-electron chi connectivity index (χ1n) is 3.55. The van der Waals surface area contributed by atoms with E-state index in [0.717, 1.165) is 0 Å². The van der Waals surface area contributed by atoms with E-state index in [4.69, 9.17) is 0 Å². The summed E-state index contributed by atoms with van der Waals surface area (Å²) in [7, 11) is -5.13. The highest BCUT2D eigenvalue weighted by atomic mass is 32.2. The minimum absolute atomic E-state index is 0.134. The molecule has 0 spiro atoms. The van der Waals surface area contributed by atoms with Gasteiger partial charge in [0.1, 0.15) is 0 Å². The van der Waals surface area contributed by atoms with E-state index in [1.54, 1.807) is 0 Å². The van der Waals surface area contributed by atoms with E-state index < -0.39 is 15.5 Å². The van der Waals surface area contributed by atoms with Gasteiger partial charge in [-0.2, -0.15) is 17.5 Å². The van der Waals surface area contributed by atoms with Gasteiger partial charge in [-0.1, -0.05) is 0 Å². The zero-order chi connectivity index (χ0) is 10.1. The van der Waals surface area contributed by atoms with Crippen LogP contribution in [0.3, 0.4) is 0 Å². The van der Waals surface area contributed by atoms with Crippen molar-refractivity contribution in [1.82, 2.24) is 9.62 Å². The number of hydrogen-bond donors (Lipinski definition) is 0. The Labute approximate surface area is 73.8 Å². The van der Waals surface area contributed by atoms with Crippen LogP contribution in [0.2, 0.25) is 0 Å². The van der Waals surface area contributed by atoms with Crippen molar-refractivity contribution in [2.24, 2.45) is 0 Å². The second kappa shape index (κ2) is 3.43. The fourth-order valence-corrected chi connectivity index (χ4v) is 1.91. The summed E-state index contributed by atoms with van der Waals surface area (Å²) in [4.78, 5) is 0. The molecule has 1 fully saturated rings. The van der Waals surface area contributed by atoms with Crippen molar-refractivity contribution in [3.63, 3.8) is 0 Å². The Bertz CT molecular complexity index is 268. The minimum atomic E-state index is -5.19. The molecular weight excluding hydrogens is 209 g/mol. The molecule has 13 heavy (non-hydrogen) atoms. The van der Waals surface area contributed by atoms with E-state index in [-0.39, 0.29) is 26.2 Å². The van der Waals surface area contributed by atoms with Gasteiger partial charge in [0.15, 0.2) is 0 Å². The fourth-order valence-electron chi connectivity index (χ4n) is 0.975. The Hall–Kier alpha value is -0.340. The summed E-state index contributed by atoms with van der Waals surface area (Å²) in [6.07, 6.45) is 0. The SMILES string of the molecule is O=S(=O)(N1CC[N]CC1)C(F)(F)F. The lowest BCUT2D eigenvalue weighted by Gasteiger charge is -2.26. The molecule has 77 valence electrons. The molecule has 0 atom stereocenters. The topological polar surface area (TPSA) is 51.5 Å². The van der Waals surface area contributed by atoms with Gasteiger partial charge in [-0.25, -0.2) is 13.7 Å². The highest BCUT2D eigenvalue weighted by molar-refractivity contribution is 7.90. The summed E-state index contributed by atoms with van der Waals surface area (Å²) in [6, 6.07) is 0. The third-order valence-electron chi connectivity index (χ3n) is 1.65. The average molecular weight is 217 g/mol. The van der Waals surface area contributed by atoms with Crippen LogP contribution in [0.1, 0.15) is 0 Å². The molecule has 0 aromatic heterocycles. The second-order valence-electron chi connectivity index (χ2n) is 2.52. The van der Waals surface area contributed by atoms with Crippen molar-refractivity contribution >= 4 is 10.0 Å². The first-order valence-corrected chi connectivity index (χ1v) is 4.99. The number of rotatable bonds is 1. The Kier molecular flexibility index (Phi) is 2.83. The van der Waals surface area contributed by atoms with Gasteiger partial charge in [0.2, 0.25) is 0 Å². The highest BCUT2D eigenvalue weighted by Crippen LogP contribution is 2.26. The third kappa shape index (κ3) is 2.12. The standard InChI is InChI=1S/C5H8F3N2O2S/c6-5(7,8)13(11,12)10-3-1-9-2-4-10/h1-4H2. The van der Waals surface area contributed by atoms with Crippen molar-refractivity contribution in [2.45, 2.75) is 5.51 Å². The van der Waals surface area contributed by atoms with E-state index in [0.29, 0.717) is 4.31 Å². The summed E-state index contributed by atoms with van der Waals surface area (Å²) in [5.41, 5.74) is -5.19. The summed E-state index contributed by atoms with van der Waals surface area (Å²) in [5.74, 6) is 0. The monoisotopic (exact) mass is 217 g/mol. The largest absolute Gasteiger partial charge is 0.511 e. The summed E-state index contributed by atoms with van der Waals surface area (Å²) >= 11 is 0. The van der Waals surface area contributed by atoms with Gasteiger partial charge in [-0.15, -0.1) is 0 Å². The Balaban J connectivity index is 2.80. The average Bonchev–Trinajstić information content (AvgIpc) is 2.04. The molecule has 1 aliphatic rings. The van der Waals surface area contributed by atoms with Gasteiger partial charge in [0, 0.05) is 26.2 Å². The lowest BCUT2D eigenvalue weighted by Crippen LogP contribution is -2.48. The molecule has 0 aromatic carbocycles. The number of halogens is 3. The summed E-state index contributed by atoms with van der Waals surface area (Å²) < 4.78 is 57.8. The van der Waals surface area contributed by atoms with E-state index >= 15 is 0 Å². The lowest BCUT2D eigenvalue weighted by atomic mass is 10.4. The third-order valence-corrected chi connectivity index (χ3v) is 3.28. The first-order chi connectivity index (χ1) is 5.86. The number of sulfonamides is 1. The maximum Gasteiger partial charge on any atom is 0.511 e. The predicted octanol–water partition coefficient (Wildman–Crippen LogP) is -0.244. The molecule has 0 amide bonds. The molecule has 1 radical (unpaired) electrons. The van der Waals surface area contributed by atoms with Gasteiger partial charge in [0.25, 0.3) is 0 Å². The van der Waals surface area contributed by atoms with Crippen molar-refractivity contribution in [3.8, 4) is 0 Å². The second-order valence-corrected chi connectivity index (χ2v) is 4.45. The molecule has 0 bridgehead atoms. The van der Waals surface area contributed by atoms with E-state index in [9.17, 15) is 21.6 Å². The molecule has 1 aliphatic heterocycles. The number of piperazine rings is 1. The van der Waals surface area contributed by atoms with Gasteiger partial charge in [0.05, 0.1) is 0 Å². The number of alkyl halides is 3. The van der Waals surface area contributed by atoms with Crippen molar-refractivity contribution < 1.29 is 21.6 Å². The molecular formula is C5H8F3N2O2S. The highest BCUT2D eigenvalue weighted by Gasteiger charge is 2.49. The maximum atomic E-state index is 12.0. The molecule has 0 unspecified atom stereocenters. The van der Waals surface area contributed by atoms with Crippen LogP contribution >= 0.6 is 0 Å². The maximum absolute atomic E-state index is 12.0. The van der Waals surface area contributed by atoms with Crippen LogP contribution in [0, 0.1) is 0 Å². The van der Waals surface area contributed by atoms with Gasteiger partial charge in [-0.3, -0.25) is 0 Å². The fraction of sp³-hybridized carbons (Fsp3) is 1.00. The summed E-state index contributed by atoms with van der Waals surface area (Å²) in [5, 5.41) is 3.75. The Morgan fingerprint density at radius 1 is 1.15 bits per heavy atom. The van der Waals surface area contributed by atoms with Gasteiger partial charge >= 0.3 is 15.5 Å². The first kappa shape index (κ1) is 10.7. The van der Waals surface area contributed by atoms with Crippen LogP contribution in [-0.2, 0) is 10.0 Å². The molecule has 1 saturated heterocycles. The zero-order valence-electron chi connectivity index (χ0n) is 6.58. The smallest absolute Gasteiger partial charge is 0.239 e. The lowest BCUT2D eigenvalue weighted by molar-refractivity contribution is -0.0491. The zero-order valence-corrected chi connectivity index (χ0v) is 7.40. The van der Waals surface area contributed by atoms with Crippen molar-refractivity contribution in [1.29, 1.82) is 0 Å². The molecule has 0 aliphatic carbocycles. The molecule has 1 rings (SSSR count). The molecule has 8 heteroatoms. The minimum Gasteiger partial charge on any atom is -0.239 e. The van der Waals surface area contributed by atoms with E-state index in [1.165, 1.54) is 0 Å². The van der Waals surface area contributed by atoms with Crippen LogP contribution < -0.4 is 5.32 Å². The van der Waals surface area contributed by atoms with Crippen LogP contribution in [0.4, 0.5) is 13.2 Å².